The van der Waals surface area contributed by atoms with Crippen LogP contribution in [-0.4, -0.2) is 17.3 Å². The van der Waals surface area contributed by atoms with Gasteiger partial charge in [-0.3, -0.25) is 0 Å². The Bertz CT molecular complexity index is 408. The number of halogens is 1. The number of hydrogen-bond acceptors (Lipinski definition) is 4. The number of ether oxygens (including phenoxy) is 1. The van der Waals surface area contributed by atoms with Crippen LogP contribution in [0.25, 0.3) is 0 Å². The lowest BCUT2D eigenvalue weighted by Crippen LogP contribution is -2.27. The molecule has 1 aliphatic rings. The number of nitrogens with zero attached hydrogens (tertiary/aromatic N) is 2. The molecule has 1 amide bonds. The summed E-state index contributed by atoms with van der Waals surface area (Å²) in [6, 6.07) is 7.05. The van der Waals surface area contributed by atoms with Gasteiger partial charge in [-0.15, -0.1) is 0 Å². The van der Waals surface area contributed by atoms with Gasteiger partial charge in [0.2, 0.25) is 0 Å². The molecule has 0 saturated carbocycles. The second kappa shape index (κ2) is 4.31. The van der Waals surface area contributed by atoms with E-state index in [4.69, 9.17) is 4.74 Å². The van der Waals surface area contributed by atoms with Crippen LogP contribution in [-0.2, 0) is 4.84 Å². The summed E-state index contributed by atoms with van der Waals surface area (Å²) in [6.07, 6.45) is 0.641. The molecule has 0 fully saturated rings. The first-order valence-corrected chi connectivity index (χ1v) is 4.84. The molecule has 0 aromatic heterocycles. The molecule has 0 aliphatic carbocycles. The molecule has 1 heterocycles. The van der Waals surface area contributed by atoms with E-state index in [9.17, 15) is 4.79 Å². The van der Waals surface area contributed by atoms with Crippen LogP contribution in [0.5, 0.6) is 5.75 Å². The quantitative estimate of drug-likeness (QED) is 0.787. The molecule has 77 valence electrons. The maximum absolute atomic E-state index is 11.4. The van der Waals surface area contributed by atoms with Crippen molar-refractivity contribution >= 4 is 28.4 Å². The van der Waals surface area contributed by atoms with Crippen LogP contribution >= 0.6 is 15.9 Å². The van der Waals surface area contributed by atoms with Crippen molar-refractivity contribution in [2.75, 3.05) is 0 Å². The normalized spacial score (nSPS) is 13.8. The van der Waals surface area contributed by atoms with Crippen molar-refractivity contribution < 1.29 is 14.4 Å². The number of carbonyl (C=O) groups excluding carboxylic acids is 1. The Morgan fingerprint density at radius 3 is 2.93 bits per heavy atom. The Hall–Kier alpha value is -1.56. The first kappa shape index (κ1) is 9.97. The molecule has 1 aliphatic heterocycles. The van der Waals surface area contributed by atoms with Crippen molar-refractivity contribution in [2.24, 2.45) is 5.16 Å². The summed E-state index contributed by atoms with van der Waals surface area (Å²) < 4.78 is 5.77. The van der Waals surface area contributed by atoms with Crippen LogP contribution < -0.4 is 4.74 Å². The first-order valence-electron chi connectivity index (χ1n) is 4.05. The lowest BCUT2D eigenvalue weighted by atomic mass is 10.3. The van der Waals surface area contributed by atoms with E-state index in [1.807, 2.05) is 6.07 Å². The molecule has 0 saturated heterocycles. The lowest BCUT2D eigenvalue weighted by Gasteiger charge is -2.10. The maximum Gasteiger partial charge on any atom is 0.423 e. The summed E-state index contributed by atoms with van der Waals surface area (Å²) in [7, 11) is 0. The molecule has 0 spiro atoms. The van der Waals surface area contributed by atoms with Gasteiger partial charge in [0.05, 0.1) is 4.47 Å². The standard InChI is InChI=1S/C9H6BrN2O3/c10-7-3-1-2-4-8(7)15-9(13)12-5-11-14-6-12/h1-6H. The van der Waals surface area contributed by atoms with Crippen molar-refractivity contribution in [3.05, 3.63) is 35.5 Å². The minimum Gasteiger partial charge on any atom is -0.409 e. The molecule has 0 N–H and O–H groups in total. The number of oxime groups is 1. The summed E-state index contributed by atoms with van der Waals surface area (Å²) in [6.45, 7) is 1.15. The number of carbonyl (C=O) groups is 1. The second-order valence-electron chi connectivity index (χ2n) is 2.64. The van der Waals surface area contributed by atoms with Gasteiger partial charge >= 0.3 is 6.09 Å². The summed E-state index contributed by atoms with van der Waals surface area (Å²) in [4.78, 5) is 17.0. The average molecular weight is 270 g/mol. The van der Waals surface area contributed by atoms with Gasteiger partial charge in [-0.05, 0) is 28.1 Å². The average Bonchev–Trinajstić information content (AvgIpc) is 2.74. The molecule has 6 heteroatoms. The van der Waals surface area contributed by atoms with Gasteiger partial charge in [0.15, 0.2) is 0 Å². The molecule has 1 radical (unpaired) electrons. The number of rotatable bonds is 1. The highest BCUT2D eigenvalue weighted by Crippen LogP contribution is 2.24. The van der Waals surface area contributed by atoms with Crippen molar-refractivity contribution in [1.82, 2.24) is 4.90 Å². The van der Waals surface area contributed by atoms with Crippen LogP contribution in [0.3, 0.4) is 0 Å². The Kier molecular flexibility index (Phi) is 2.86. The number of amides is 1. The molecular weight excluding hydrogens is 264 g/mol. The smallest absolute Gasteiger partial charge is 0.409 e. The predicted octanol–water partition coefficient (Wildman–Crippen LogP) is 2.34. The zero-order valence-electron chi connectivity index (χ0n) is 7.46. The SMILES string of the molecule is O=C(Oc1ccccc1Br)N1[CH]ON=C1. The summed E-state index contributed by atoms with van der Waals surface area (Å²) >= 11 is 3.26. The number of benzene rings is 1. The molecule has 0 atom stereocenters. The fraction of sp³-hybridized carbons (Fsp3) is 0. The highest BCUT2D eigenvalue weighted by atomic mass is 79.9. The van der Waals surface area contributed by atoms with Gasteiger partial charge in [0.1, 0.15) is 12.1 Å². The molecule has 2 rings (SSSR count). The van der Waals surface area contributed by atoms with Gasteiger partial charge in [0.25, 0.3) is 6.73 Å². The van der Waals surface area contributed by atoms with Gasteiger partial charge in [-0.25, -0.2) is 9.69 Å². The van der Waals surface area contributed by atoms with Crippen LogP contribution in [0.1, 0.15) is 0 Å². The summed E-state index contributed by atoms with van der Waals surface area (Å²) in [5.74, 6) is 0.441. The van der Waals surface area contributed by atoms with E-state index in [-0.39, 0.29) is 0 Å². The minimum absolute atomic E-state index is 0.441. The van der Waals surface area contributed by atoms with Crippen LogP contribution in [0.4, 0.5) is 4.79 Å². The van der Waals surface area contributed by atoms with Gasteiger partial charge in [-0.2, -0.15) is 0 Å². The van der Waals surface area contributed by atoms with E-state index >= 15 is 0 Å². The van der Waals surface area contributed by atoms with E-state index in [1.54, 1.807) is 18.2 Å². The van der Waals surface area contributed by atoms with Crippen molar-refractivity contribution in [1.29, 1.82) is 0 Å². The van der Waals surface area contributed by atoms with E-state index in [0.29, 0.717) is 10.2 Å². The Labute approximate surface area is 94.4 Å². The Morgan fingerprint density at radius 1 is 1.47 bits per heavy atom. The van der Waals surface area contributed by atoms with E-state index in [0.717, 1.165) is 11.6 Å². The number of para-hydroxylation sites is 1. The monoisotopic (exact) mass is 269 g/mol. The first-order chi connectivity index (χ1) is 7.27. The fourth-order valence-corrected chi connectivity index (χ4v) is 1.31. The molecule has 0 bridgehead atoms. The Morgan fingerprint density at radius 2 is 2.27 bits per heavy atom. The highest BCUT2D eigenvalue weighted by Gasteiger charge is 2.19. The molecule has 5 nitrogen and oxygen atoms in total. The predicted molar refractivity (Wildman–Crippen MR) is 55.9 cm³/mol. The molecule has 0 unspecified atom stereocenters. The van der Waals surface area contributed by atoms with Gasteiger partial charge in [-0.1, -0.05) is 17.3 Å². The second-order valence-corrected chi connectivity index (χ2v) is 3.49. The van der Waals surface area contributed by atoms with Crippen LogP contribution in [0, 0.1) is 6.73 Å². The third kappa shape index (κ3) is 2.27. The van der Waals surface area contributed by atoms with Crippen LogP contribution in [0.15, 0.2) is 33.9 Å². The summed E-state index contributed by atoms with van der Waals surface area (Å²) in [5.41, 5.74) is 0. The minimum atomic E-state index is -0.580. The van der Waals surface area contributed by atoms with E-state index in [2.05, 4.69) is 25.9 Å². The van der Waals surface area contributed by atoms with Gasteiger partial charge in [0, 0.05) is 0 Å². The Balaban J connectivity index is 2.05. The topological polar surface area (TPSA) is 51.1 Å². The zero-order chi connectivity index (χ0) is 10.7. The van der Waals surface area contributed by atoms with Gasteiger partial charge < -0.3 is 9.57 Å². The van der Waals surface area contributed by atoms with E-state index < -0.39 is 6.09 Å². The third-order valence-corrected chi connectivity index (χ3v) is 2.29. The highest BCUT2D eigenvalue weighted by molar-refractivity contribution is 9.10. The lowest BCUT2D eigenvalue weighted by molar-refractivity contribution is 0.151. The fourth-order valence-electron chi connectivity index (χ4n) is 0.948. The third-order valence-electron chi connectivity index (χ3n) is 1.64. The van der Waals surface area contributed by atoms with E-state index in [1.165, 1.54) is 6.34 Å². The summed E-state index contributed by atoms with van der Waals surface area (Å²) in [5, 5.41) is 3.38. The molecular formula is C9H6BrN2O3. The largest absolute Gasteiger partial charge is 0.423 e. The van der Waals surface area contributed by atoms with Crippen molar-refractivity contribution in [3.8, 4) is 5.75 Å². The molecule has 1 aromatic rings. The molecule has 1 aromatic carbocycles. The maximum atomic E-state index is 11.4. The van der Waals surface area contributed by atoms with Crippen molar-refractivity contribution in [2.45, 2.75) is 0 Å². The van der Waals surface area contributed by atoms with Crippen molar-refractivity contribution in [3.63, 3.8) is 0 Å². The molecule has 15 heavy (non-hydrogen) atoms. The zero-order valence-corrected chi connectivity index (χ0v) is 9.05. The number of hydrogen-bond donors (Lipinski definition) is 0. The van der Waals surface area contributed by atoms with Crippen LogP contribution in [0.2, 0.25) is 0 Å².